The molecule has 26 heavy (non-hydrogen) atoms. The summed E-state index contributed by atoms with van der Waals surface area (Å²) in [7, 11) is 0. The van der Waals surface area contributed by atoms with Gasteiger partial charge in [-0.3, -0.25) is 0 Å². The fourth-order valence-electron chi connectivity index (χ4n) is 3.88. The van der Waals surface area contributed by atoms with Crippen molar-refractivity contribution >= 4 is 10.9 Å². The predicted molar refractivity (Wildman–Crippen MR) is 100 cm³/mol. The van der Waals surface area contributed by atoms with E-state index in [9.17, 15) is 8.78 Å². The fourth-order valence-corrected chi connectivity index (χ4v) is 3.88. The lowest BCUT2D eigenvalue weighted by Gasteiger charge is -2.38. The summed E-state index contributed by atoms with van der Waals surface area (Å²) in [5, 5.41) is 1.00. The Hall–Kier alpha value is -2.36. The molecule has 2 aromatic carbocycles. The van der Waals surface area contributed by atoms with E-state index in [0.29, 0.717) is 6.61 Å². The molecule has 136 valence electrons. The van der Waals surface area contributed by atoms with Crippen molar-refractivity contribution in [3.8, 4) is 5.75 Å². The van der Waals surface area contributed by atoms with Crippen LogP contribution in [0, 0.1) is 0 Å². The lowest BCUT2D eigenvalue weighted by Crippen LogP contribution is -2.37. The lowest BCUT2D eigenvalue weighted by molar-refractivity contribution is -0.103. The van der Waals surface area contributed by atoms with Crippen molar-refractivity contribution in [3.05, 3.63) is 65.9 Å². The van der Waals surface area contributed by atoms with Gasteiger partial charge in [0, 0.05) is 24.3 Å². The zero-order chi connectivity index (χ0) is 18.3. The van der Waals surface area contributed by atoms with E-state index in [-0.39, 0.29) is 24.8 Å². The monoisotopic (exact) mass is 355 g/mol. The van der Waals surface area contributed by atoms with Crippen LogP contribution >= 0.6 is 0 Å². The van der Waals surface area contributed by atoms with Gasteiger partial charge in [0.25, 0.3) is 5.92 Å². The Morgan fingerprint density at radius 2 is 1.69 bits per heavy atom. The van der Waals surface area contributed by atoms with Crippen LogP contribution in [-0.2, 0) is 6.61 Å². The summed E-state index contributed by atoms with van der Waals surface area (Å²) in [6.45, 7) is 4.66. The lowest BCUT2D eigenvalue weighted by atomic mass is 9.87. The quantitative estimate of drug-likeness (QED) is 0.523. The Labute approximate surface area is 152 Å². The highest BCUT2D eigenvalue weighted by atomic mass is 19.3. The number of halogens is 2. The molecule has 3 aromatic rings. The number of aromatic nitrogens is 1. The summed E-state index contributed by atoms with van der Waals surface area (Å²) in [5.74, 6) is -1.54. The zero-order valence-electron chi connectivity index (χ0n) is 15.1. The number of hydrogen-bond donors (Lipinski definition) is 0. The van der Waals surface area contributed by atoms with Crippen LogP contribution in [0.4, 0.5) is 8.78 Å². The van der Waals surface area contributed by atoms with Gasteiger partial charge in [0.15, 0.2) is 0 Å². The molecular formula is C22H23F2NO. The maximum atomic E-state index is 13.5. The van der Waals surface area contributed by atoms with Gasteiger partial charge in [0.05, 0.1) is 11.2 Å². The van der Waals surface area contributed by atoms with Crippen molar-refractivity contribution in [2.75, 3.05) is 0 Å². The molecule has 0 aliphatic heterocycles. The number of benzene rings is 2. The average Bonchev–Trinajstić information content (AvgIpc) is 2.93. The topological polar surface area (TPSA) is 14.2 Å². The molecule has 0 unspecified atom stereocenters. The van der Waals surface area contributed by atoms with Crippen LogP contribution in [0.5, 0.6) is 5.75 Å². The highest BCUT2D eigenvalue weighted by Gasteiger charge is 2.47. The van der Waals surface area contributed by atoms with Gasteiger partial charge >= 0.3 is 0 Å². The molecule has 2 nitrogen and oxygen atoms in total. The normalized spacial score (nSPS) is 16.8. The van der Waals surface area contributed by atoms with Gasteiger partial charge < -0.3 is 9.30 Å². The average molecular weight is 355 g/mol. The number of ether oxygens (including phenoxy) is 1. The molecule has 1 aromatic heterocycles. The number of para-hydroxylation sites is 1. The Morgan fingerprint density at radius 1 is 1.04 bits per heavy atom. The largest absolute Gasteiger partial charge is 0.486 e. The molecule has 0 spiro atoms. The molecule has 1 aliphatic rings. The van der Waals surface area contributed by atoms with Gasteiger partial charge in [-0.15, -0.1) is 0 Å². The number of fused-ring (bicyclic) bond motifs is 1. The van der Waals surface area contributed by atoms with E-state index in [1.165, 1.54) is 0 Å². The number of rotatable bonds is 5. The Kier molecular flexibility index (Phi) is 4.22. The van der Waals surface area contributed by atoms with Crippen LogP contribution < -0.4 is 4.74 Å². The SMILES string of the molecule is CC(C)c1c(OCc2ccccc2)c2ccccc2n1C1CC(F)(F)C1. The second-order valence-electron chi connectivity index (χ2n) is 7.45. The van der Waals surface area contributed by atoms with Gasteiger partial charge in [0.2, 0.25) is 0 Å². The zero-order valence-corrected chi connectivity index (χ0v) is 15.1. The Bertz CT molecular complexity index is 907. The molecule has 1 fully saturated rings. The van der Waals surface area contributed by atoms with Crippen LogP contribution in [0.25, 0.3) is 10.9 Å². The smallest absolute Gasteiger partial charge is 0.252 e. The van der Waals surface area contributed by atoms with E-state index in [0.717, 1.165) is 27.9 Å². The molecule has 0 atom stereocenters. The molecule has 1 saturated carbocycles. The summed E-state index contributed by atoms with van der Waals surface area (Å²) < 4.78 is 35.4. The Balaban J connectivity index is 1.77. The summed E-state index contributed by atoms with van der Waals surface area (Å²) in [6, 6.07) is 17.8. The predicted octanol–water partition coefficient (Wildman–Crippen LogP) is 6.31. The van der Waals surface area contributed by atoms with Crippen molar-refractivity contribution in [3.63, 3.8) is 0 Å². The molecule has 1 heterocycles. The molecule has 1 aliphatic carbocycles. The third-order valence-electron chi connectivity index (χ3n) is 5.11. The summed E-state index contributed by atoms with van der Waals surface area (Å²) in [4.78, 5) is 0. The van der Waals surface area contributed by atoms with E-state index >= 15 is 0 Å². The first-order valence-electron chi connectivity index (χ1n) is 9.13. The minimum Gasteiger partial charge on any atom is -0.486 e. The molecule has 4 rings (SSSR count). The third-order valence-corrected chi connectivity index (χ3v) is 5.11. The molecule has 0 saturated heterocycles. The number of alkyl halides is 2. The number of nitrogens with zero attached hydrogens (tertiary/aromatic N) is 1. The van der Waals surface area contributed by atoms with Crippen LogP contribution in [0.15, 0.2) is 54.6 Å². The van der Waals surface area contributed by atoms with Crippen molar-refractivity contribution < 1.29 is 13.5 Å². The van der Waals surface area contributed by atoms with Crippen molar-refractivity contribution in [2.45, 2.75) is 51.2 Å². The highest BCUT2D eigenvalue weighted by molar-refractivity contribution is 5.89. The third kappa shape index (κ3) is 2.98. The summed E-state index contributed by atoms with van der Waals surface area (Å²) in [5.41, 5.74) is 3.09. The number of hydrogen-bond acceptors (Lipinski definition) is 1. The van der Waals surface area contributed by atoms with Crippen LogP contribution in [-0.4, -0.2) is 10.5 Å². The Morgan fingerprint density at radius 3 is 2.35 bits per heavy atom. The summed E-state index contributed by atoms with van der Waals surface area (Å²) >= 11 is 0. The second-order valence-corrected chi connectivity index (χ2v) is 7.45. The molecule has 4 heteroatoms. The van der Waals surface area contributed by atoms with Gasteiger partial charge in [-0.25, -0.2) is 8.78 Å². The standard InChI is InChI=1S/C22H23F2NO/c1-15(2)20-21(26-14-16-8-4-3-5-9-16)18-10-6-7-11-19(18)25(20)17-12-22(23,24)13-17/h3-11,15,17H,12-14H2,1-2H3. The van der Waals surface area contributed by atoms with E-state index in [1.807, 2.05) is 54.6 Å². The first-order valence-corrected chi connectivity index (χ1v) is 9.13. The van der Waals surface area contributed by atoms with Gasteiger partial charge in [-0.05, 0) is 23.6 Å². The minimum atomic E-state index is -2.55. The van der Waals surface area contributed by atoms with Crippen molar-refractivity contribution in [1.29, 1.82) is 0 Å². The van der Waals surface area contributed by atoms with Crippen LogP contribution in [0.3, 0.4) is 0 Å². The molecular weight excluding hydrogens is 332 g/mol. The highest BCUT2D eigenvalue weighted by Crippen LogP contribution is 2.50. The molecule has 0 radical (unpaired) electrons. The van der Waals surface area contributed by atoms with Crippen LogP contribution in [0.1, 0.15) is 49.9 Å². The van der Waals surface area contributed by atoms with Crippen LogP contribution in [0.2, 0.25) is 0 Å². The first kappa shape index (κ1) is 17.1. The summed E-state index contributed by atoms with van der Waals surface area (Å²) in [6.07, 6.45) is -0.187. The van der Waals surface area contributed by atoms with Gasteiger partial charge in [-0.2, -0.15) is 0 Å². The van der Waals surface area contributed by atoms with E-state index in [4.69, 9.17) is 4.74 Å². The molecule has 0 N–H and O–H groups in total. The maximum Gasteiger partial charge on any atom is 0.252 e. The maximum absolute atomic E-state index is 13.5. The molecule has 0 bridgehead atoms. The second kappa shape index (κ2) is 6.42. The van der Waals surface area contributed by atoms with Crippen molar-refractivity contribution in [1.82, 2.24) is 4.57 Å². The van der Waals surface area contributed by atoms with Gasteiger partial charge in [-0.1, -0.05) is 56.3 Å². The molecule has 0 amide bonds. The first-order chi connectivity index (χ1) is 12.5. The fraction of sp³-hybridized carbons (Fsp3) is 0.364. The van der Waals surface area contributed by atoms with Gasteiger partial charge in [0.1, 0.15) is 12.4 Å². The van der Waals surface area contributed by atoms with E-state index in [2.05, 4.69) is 18.4 Å². The van der Waals surface area contributed by atoms with E-state index in [1.54, 1.807) is 0 Å². The van der Waals surface area contributed by atoms with E-state index < -0.39 is 5.92 Å². The minimum absolute atomic E-state index is 0.0937. The van der Waals surface area contributed by atoms with Crippen molar-refractivity contribution in [2.24, 2.45) is 0 Å².